The normalized spacial score (nSPS) is 12.4. The van der Waals surface area contributed by atoms with Gasteiger partial charge in [-0.05, 0) is 48.8 Å². The SMILES string of the molecule is CC(=O)F.CC(C)C[C@H](N)C(=O)O.CC(C)C[C@H](N)C(=O)O.N[C@@H](Cc1ccc(O)cc1)C(=O)O. The first-order chi connectivity index (χ1) is 15.9. The lowest BCUT2D eigenvalue weighted by molar-refractivity contribution is -0.139. The number of phenols is 1. The minimum Gasteiger partial charge on any atom is -0.508 e. The minimum absolute atomic E-state index is 0.160. The van der Waals surface area contributed by atoms with Crippen LogP contribution in [0.3, 0.4) is 0 Å². The Morgan fingerprint density at radius 2 is 1.03 bits per heavy atom. The number of carboxylic acids is 3. The number of carbonyl (C=O) groups is 4. The zero-order valence-corrected chi connectivity index (χ0v) is 20.8. The van der Waals surface area contributed by atoms with Crippen LogP contribution in [0.5, 0.6) is 5.75 Å². The molecule has 0 aromatic heterocycles. The van der Waals surface area contributed by atoms with E-state index in [-0.39, 0.29) is 12.2 Å². The van der Waals surface area contributed by atoms with E-state index in [0.29, 0.717) is 24.7 Å². The van der Waals surface area contributed by atoms with E-state index < -0.39 is 42.1 Å². The van der Waals surface area contributed by atoms with Gasteiger partial charge in [-0.25, -0.2) is 0 Å². The molecule has 0 spiro atoms. The second kappa shape index (κ2) is 20.3. The van der Waals surface area contributed by atoms with Gasteiger partial charge in [0.05, 0.1) is 0 Å². The molecule has 0 amide bonds. The number of hydrogen-bond acceptors (Lipinski definition) is 8. The van der Waals surface area contributed by atoms with Gasteiger partial charge in [-0.3, -0.25) is 19.2 Å². The van der Waals surface area contributed by atoms with Crippen LogP contribution in [-0.4, -0.2) is 62.5 Å². The summed E-state index contributed by atoms with van der Waals surface area (Å²) in [6.45, 7) is 8.65. The Morgan fingerprint density at radius 1 is 0.743 bits per heavy atom. The smallest absolute Gasteiger partial charge is 0.320 e. The molecule has 0 aliphatic carbocycles. The van der Waals surface area contributed by atoms with Gasteiger partial charge < -0.3 is 37.6 Å². The molecule has 0 aliphatic heterocycles. The molecular weight excluding hydrogens is 465 g/mol. The summed E-state index contributed by atoms with van der Waals surface area (Å²) in [6, 6.07) is 2.71. The summed E-state index contributed by atoms with van der Waals surface area (Å²) in [5.74, 6) is -1.97. The Bertz CT molecular complexity index is 728. The summed E-state index contributed by atoms with van der Waals surface area (Å²) in [6.07, 6.45) is 1.38. The third kappa shape index (κ3) is 27.0. The molecule has 0 radical (unpaired) electrons. The van der Waals surface area contributed by atoms with Crippen molar-refractivity contribution in [2.75, 3.05) is 0 Å². The van der Waals surface area contributed by atoms with Crippen LogP contribution in [0, 0.1) is 11.8 Å². The van der Waals surface area contributed by atoms with Gasteiger partial charge in [0, 0.05) is 6.92 Å². The lowest BCUT2D eigenvalue weighted by atomic mass is 10.1. The quantitative estimate of drug-likeness (QED) is 0.239. The highest BCUT2D eigenvalue weighted by Crippen LogP contribution is 2.10. The average Bonchev–Trinajstić information content (AvgIpc) is 2.69. The predicted molar refractivity (Wildman–Crippen MR) is 129 cm³/mol. The number of hydrogen-bond donors (Lipinski definition) is 7. The molecule has 12 heteroatoms. The molecule has 11 nitrogen and oxygen atoms in total. The lowest BCUT2D eigenvalue weighted by Crippen LogP contribution is -2.32. The van der Waals surface area contributed by atoms with Crippen LogP contribution >= 0.6 is 0 Å². The Morgan fingerprint density at radius 3 is 1.23 bits per heavy atom. The van der Waals surface area contributed by atoms with Crippen molar-refractivity contribution in [2.24, 2.45) is 29.0 Å². The van der Waals surface area contributed by atoms with Gasteiger partial charge in [-0.15, -0.1) is 0 Å². The molecule has 0 fully saturated rings. The van der Waals surface area contributed by atoms with E-state index in [1.54, 1.807) is 12.1 Å². The highest BCUT2D eigenvalue weighted by molar-refractivity contribution is 5.74. The van der Waals surface area contributed by atoms with Crippen LogP contribution in [0.15, 0.2) is 24.3 Å². The molecule has 1 rings (SSSR count). The van der Waals surface area contributed by atoms with E-state index in [1.807, 2.05) is 27.7 Å². The zero-order valence-electron chi connectivity index (χ0n) is 20.8. The number of halogens is 1. The number of aliphatic carboxylic acids is 3. The number of nitrogens with two attached hydrogens (primary N) is 3. The molecule has 10 N–H and O–H groups in total. The van der Waals surface area contributed by atoms with Crippen LogP contribution in [0.25, 0.3) is 0 Å². The van der Waals surface area contributed by atoms with Crippen molar-refractivity contribution in [3.63, 3.8) is 0 Å². The third-order valence-electron chi connectivity index (χ3n) is 3.79. The van der Waals surface area contributed by atoms with Crippen LogP contribution in [0.4, 0.5) is 4.39 Å². The summed E-state index contributed by atoms with van der Waals surface area (Å²) < 4.78 is 10.4. The Kier molecular flexibility index (Phi) is 21.2. The summed E-state index contributed by atoms with van der Waals surface area (Å²) in [4.78, 5) is 39.4. The van der Waals surface area contributed by atoms with Crippen molar-refractivity contribution in [2.45, 2.75) is 72.0 Å². The fraction of sp³-hybridized carbons (Fsp3) is 0.565. The molecule has 0 aliphatic rings. The first-order valence-electron chi connectivity index (χ1n) is 10.8. The van der Waals surface area contributed by atoms with Crippen molar-refractivity contribution in [3.05, 3.63) is 29.8 Å². The molecule has 1 aromatic rings. The average molecular weight is 506 g/mol. The predicted octanol–water partition coefficient (Wildman–Crippen LogP) is 1.74. The van der Waals surface area contributed by atoms with Crippen LogP contribution < -0.4 is 17.2 Å². The van der Waals surface area contributed by atoms with Crippen LogP contribution in [-0.2, 0) is 25.6 Å². The third-order valence-corrected chi connectivity index (χ3v) is 3.79. The summed E-state index contributed by atoms with van der Waals surface area (Å²) in [5.41, 5.74) is 16.6. The van der Waals surface area contributed by atoms with Crippen molar-refractivity contribution >= 4 is 23.9 Å². The highest BCUT2D eigenvalue weighted by atomic mass is 19.1. The molecule has 202 valence electrons. The van der Waals surface area contributed by atoms with Crippen molar-refractivity contribution in [1.82, 2.24) is 0 Å². The standard InChI is InChI=1S/C9H11NO3.2C6H13NO2.C2H3FO/c10-8(9(12)13)5-6-1-3-7(11)4-2-6;2*1-4(2)3-5(7)6(8)9;1-2(3)4/h1-4,8,11H,5,10H2,(H,12,13);2*4-5H,3,7H2,1-2H3,(H,8,9);1H3/t8-;2*5-;/m000./s1. The molecule has 0 saturated heterocycles. The highest BCUT2D eigenvalue weighted by Gasteiger charge is 2.13. The van der Waals surface area contributed by atoms with Gasteiger partial charge in [-0.1, -0.05) is 39.8 Å². The van der Waals surface area contributed by atoms with Gasteiger partial charge >= 0.3 is 17.9 Å². The van der Waals surface area contributed by atoms with Crippen LogP contribution in [0.2, 0.25) is 0 Å². The van der Waals surface area contributed by atoms with Crippen molar-refractivity contribution in [1.29, 1.82) is 0 Å². The zero-order chi connectivity index (χ0) is 28.3. The number of rotatable bonds is 9. The van der Waals surface area contributed by atoms with Crippen molar-refractivity contribution in [3.8, 4) is 5.75 Å². The number of carboxylic acid groups (broad SMARTS) is 3. The molecule has 0 saturated carbocycles. The maximum absolute atomic E-state index is 10.4. The maximum Gasteiger partial charge on any atom is 0.320 e. The molecule has 35 heavy (non-hydrogen) atoms. The second-order valence-corrected chi connectivity index (χ2v) is 8.43. The molecule has 3 atom stereocenters. The fourth-order valence-corrected chi connectivity index (χ4v) is 2.19. The summed E-state index contributed by atoms with van der Waals surface area (Å²) in [7, 11) is 0. The Labute approximate surface area is 205 Å². The minimum atomic E-state index is -1.33. The van der Waals surface area contributed by atoms with E-state index in [0.717, 1.165) is 12.5 Å². The molecule has 0 unspecified atom stereocenters. The van der Waals surface area contributed by atoms with Crippen LogP contribution in [0.1, 0.15) is 53.0 Å². The van der Waals surface area contributed by atoms with E-state index in [4.69, 9.17) is 42.4 Å². The molecular formula is C23H40FN3O8. The lowest BCUT2D eigenvalue weighted by Gasteiger charge is -2.07. The van der Waals surface area contributed by atoms with Gasteiger partial charge in [0.1, 0.15) is 23.9 Å². The second-order valence-electron chi connectivity index (χ2n) is 8.43. The van der Waals surface area contributed by atoms with E-state index >= 15 is 0 Å². The van der Waals surface area contributed by atoms with Gasteiger partial charge in [0.25, 0.3) is 6.04 Å². The van der Waals surface area contributed by atoms with Gasteiger partial charge in [0.2, 0.25) is 0 Å². The number of aromatic hydroxyl groups is 1. The fourth-order valence-electron chi connectivity index (χ4n) is 2.19. The summed E-state index contributed by atoms with van der Waals surface area (Å²) >= 11 is 0. The monoisotopic (exact) mass is 505 g/mol. The molecule has 0 heterocycles. The summed E-state index contributed by atoms with van der Waals surface area (Å²) in [5, 5.41) is 34.1. The number of carbonyl (C=O) groups excluding carboxylic acids is 1. The number of phenolic OH excluding ortho intramolecular Hbond substituents is 1. The van der Waals surface area contributed by atoms with E-state index in [9.17, 15) is 18.8 Å². The largest absolute Gasteiger partial charge is 0.508 e. The Hall–Kier alpha value is -3.09. The van der Waals surface area contributed by atoms with Crippen molar-refractivity contribution < 1.29 is 44.0 Å². The van der Waals surface area contributed by atoms with Gasteiger partial charge in [0.15, 0.2) is 0 Å². The number of benzene rings is 1. The van der Waals surface area contributed by atoms with Gasteiger partial charge in [-0.2, -0.15) is 4.39 Å². The topological polar surface area (TPSA) is 227 Å². The first-order valence-corrected chi connectivity index (χ1v) is 10.8. The van der Waals surface area contributed by atoms with E-state index in [2.05, 4.69) is 0 Å². The van der Waals surface area contributed by atoms with E-state index in [1.165, 1.54) is 12.1 Å². The molecule has 0 bridgehead atoms. The first kappa shape index (κ1) is 36.5. The maximum atomic E-state index is 10.4. The molecule has 1 aromatic carbocycles. The Balaban J connectivity index is -0.000000417.